The quantitative estimate of drug-likeness (QED) is 0.167. The number of amides is 2. The summed E-state index contributed by atoms with van der Waals surface area (Å²) < 4.78 is 5.37. The third-order valence-electron chi connectivity index (χ3n) is 6.55. The number of halogens is 2. The zero-order chi connectivity index (χ0) is 20.7. The number of imide groups is 1. The molecule has 1 saturated heterocycles. The van der Waals surface area contributed by atoms with E-state index < -0.39 is 0 Å². The highest BCUT2D eigenvalue weighted by molar-refractivity contribution is 9.12. The summed E-state index contributed by atoms with van der Waals surface area (Å²) >= 11 is 7.40. The summed E-state index contributed by atoms with van der Waals surface area (Å²) in [5.74, 6) is -0.0752. The molecule has 2 amide bonds. The predicted molar refractivity (Wildman–Crippen MR) is 117 cm³/mol. The minimum absolute atomic E-state index is 0.1000. The van der Waals surface area contributed by atoms with Crippen LogP contribution in [0.4, 0.5) is 5.69 Å². The first-order valence-electron chi connectivity index (χ1n) is 10.4. The number of carbonyl (C=O) groups is 3. The monoisotopic (exact) mass is 525 g/mol. The number of nitrogens with zero attached hydrogens (tertiary/aromatic N) is 1. The first-order valence-corrected chi connectivity index (χ1v) is 12.2. The van der Waals surface area contributed by atoms with Gasteiger partial charge >= 0.3 is 5.97 Å². The molecule has 0 aromatic heterocycles. The lowest BCUT2D eigenvalue weighted by molar-refractivity contribution is -0.134. The van der Waals surface area contributed by atoms with E-state index in [0.29, 0.717) is 17.9 Å². The Morgan fingerprint density at radius 1 is 1.00 bits per heavy atom. The average molecular weight is 527 g/mol. The Hall–Kier alpha value is -1.21. The van der Waals surface area contributed by atoms with E-state index in [4.69, 9.17) is 4.74 Å². The highest BCUT2D eigenvalue weighted by Gasteiger charge is 2.66. The third kappa shape index (κ3) is 3.69. The van der Waals surface area contributed by atoms with Gasteiger partial charge in [0.25, 0.3) is 0 Å². The average Bonchev–Trinajstić information content (AvgIpc) is 3.31. The van der Waals surface area contributed by atoms with Crippen molar-refractivity contribution in [3.8, 4) is 5.75 Å². The van der Waals surface area contributed by atoms with Gasteiger partial charge in [0.05, 0.1) is 17.5 Å². The molecule has 1 aromatic carbocycles. The maximum absolute atomic E-state index is 13.1. The van der Waals surface area contributed by atoms with Crippen molar-refractivity contribution in [2.45, 2.75) is 55.1 Å². The van der Waals surface area contributed by atoms with Crippen molar-refractivity contribution in [3.63, 3.8) is 0 Å². The minimum Gasteiger partial charge on any atom is -0.427 e. The van der Waals surface area contributed by atoms with Gasteiger partial charge in [-0.3, -0.25) is 19.3 Å². The first kappa shape index (κ1) is 21.0. The van der Waals surface area contributed by atoms with Crippen molar-refractivity contribution in [2.75, 3.05) is 4.90 Å². The molecule has 1 heterocycles. The minimum atomic E-state index is -0.250. The van der Waals surface area contributed by atoms with E-state index in [0.717, 1.165) is 32.1 Å². The lowest BCUT2D eigenvalue weighted by Crippen LogP contribution is -2.37. The van der Waals surface area contributed by atoms with Crippen LogP contribution in [0.25, 0.3) is 0 Å². The molecule has 0 unspecified atom stereocenters. The van der Waals surface area contributed by atoms with Gasteiger partial charge in [-0.15, -0.1) is 0 Å². The zero-order valence-electron chi connectivity index (χ0n) is 16.4. The van der Waals surface area contributed by atoms with E-state index in [1.165, 1.54) is 4.90 Å². The second-order valence-electron chi connectivity index (χ2n) is 8.29. The molecule has 0 N–H and O–H groups in total. The first-order chi connectivity index (χ1) is 13.9. The lowest BCUT2D eigenvalue weighted by atomic mass is 9.81. The predicted octanol–water partition coefficient (Wildman–Crippen LogP) is 4.84. The third-order valence-corrected chi connectivity index (χ3v) is 9.75. The second kappa shape index (κ2) is 8.50. The van der Waals surface area contributed by atoms with Gasteiger partial charge in [0.2, 0.25) is 11.8 Å². The van der Waals surface area contributed by atoms with E-state index in [-0.39, 0.29) is 51.1 Å². The highest BCUT2D eigenvalue weighted by atomic mass is 79.9. The topological polar surface area (TPSA) is 63.7 Å². The molecule has 1 aromatic rings. The van der Waals surface area contributed by atoms with Crippen molar-refractivity contribution in [2.24, 2.45) is 23.7 Å². The molecule has 7 heteroatoms. The molecular weight excluding hydrogens is 502 g/mol. The largest absolute Gasteiger partial charge is 0.427 e. The maximum Gasteiger partial charge on any atom is 0.311 e. The van der Waals surface area contributed by atoms with Gasteiger partial charge in [-0.05, 0) is 48.9 Å². The van der Waals surface area contributed by atoms with Gasteiger partial charge in [-0.25, -0.2) is 0 Å². The fourth-order valence-electron chi connectivity index (χ4n) is 5.15. The van der Waals surface area contributed by atoms with E-state index in [1.54, 1.807) is 24.3 Å². The van der Waals surface area contributed by atoms with Gasteiger partial charge in [-0.2, -0.15) is 0 Å². The molecule has 2 bridgehead atoms. The van der Waals surface area contributed by atoms with Crippen molar-refractivity contribution in [1.82, 2.24) is 0 Å². The number of hydrogen-bond donors (Lipinski definition) is 0. The Balaban J connectivity index is 1.42. The van der Waals surface area contributed by atoms with Crippen LogP contribution in [0.1, 0.15) is 45.4 Å². The fraction of sp³-hybridized carbons (Fsp3) is 0.591. The maximum atomic E-state index is 13.1. The standard InChI is InChI=1S/C22H25Br2NO4/c1-2-3-4-5-6-16(26)29-13-9-7-12(8-10-13)25-21(27)17-14-11-15(18(17)22(25)28)20(24)19(14)23/h7-10,14-15,17-20H,2-6,11H2,1H3/t14-,15-,17-,18-,19+,20+/m1/s1. The molecule has 3 fully saturated rings. The number of benzene rings is 1. The van der Waals surface area contributed by atoms with E-state index in [1.807, 2.05) is 0 Å². The van der Waals surface area contributed by atoms with Gasteiger partial charge in [0.1, 0.15) is 5.75 Å². The Labute approximate surface area is 187 Å². The number of fused-ring (bicyclic) bond motifs is 5. The summed E-state index contributed by atoms with van der Waals surface area (Å²) in [4.78, 5) is 39.8. The summed E-state index contributed by atoms with van der Waals surface area (Å²) in [5, 5.41) is 0. The second-order valence-corrected chi connectivity index (χ2v) is 10.4. The van der Waals surface area contributed by atoms with Crippen LogP contribution in [-0.4, -0.2) is 27.4 Å². The number of carbonyl (C=O) groups excluding carboxylic acids is 3. The van der Waals surface area contributed by atoms with Gasteiger partial charge in [0.15, 0.2) is 0 Å². The zero-order valence-corrected chi connectivity index (χ0v) is 19.5. The van der Waals surface area contributed by atoms with Crippen molar-refractivity contribution in [1.29, 1.82) is 0 Å². The smallest absolute Gasteiger partial charge is 0.311 e. The normalized spacial score (nSPS) is 32.7. The van der Waals surface area contributed by atoms with Crippen LogP contribution in [0.2, 0.25) is 0 Å². The summed E-state index contributed by atoms with van der Waals surface area (Å²) in [6, 6.07) is 6.69. The highest BCUT2D eigenvalue weighted by Crippen LogP contribution is 2.60. The number of ether oxygens (including phenoxy) is 1. The van der Waals surface area contributed by atoms with Crippen LogP contribution in [0.5, 0.6) is 5.75 Å². The molecule has 5 nitrogen and oxygen atoms in total. The van der Waals surface area contributed by atoms with E-state index >= 15 is 0 Å². The van der Waals surface area contributed by atoms with Crippen LogP contribution < -0.4 is 9.64 Å². The Bertz CT molecular complexity index is 780. The van der Waals surface area contributed by atoms with Crippen LogP contribution >= 0.6 is 31.9 Å². The van der Waals surface area contributed by atoms with Crippen LogP contribution in [0.15, 0.2) is 24.3 Å². The molecule has 3 aliphatic rings. The SMILES string of the molecule is CCCCCCC(=O)Oc1ccc(N2C(=O)[C@@H]3[C@H]4C[C@@H]([C@H](Br)[C@H]4Br)[C@H]3C2=O)cc1. The van der Waals surface area contributed by atoms with Crippen molar-refractivity contribution in [3.05, 3.63) is 24.3 Å². The molecule has 2 aliphatic carbocycles. The van der Waals surface area contributed by atoms with Gasteiger partial charge in [-0.1, -0.05) is 58.0 Å². The van der Waals surface area contributed by atoms with E-state index in [9.17, 15) is 14.4 Å². The van der Waals surface area contributed by atoms with Gasteiger partial charge in [0, 0.05) is 16.1 Å². The molecule has 29 heavy (non-hydrogen) atoms. The molecule has 2 saturated carbocycles. The molecule has 156 valence electrons. The molecular formula is C22H25Br2NO4. The number of anilines is 1. The van der Waals surface area contributed by atoms with Crippen LogP contribution in [-0.2, 0) is 14.4 Å². The molecule has 0 radical (unpaired) electrons. The van der Waals surface area contributed by atoms with Gasteiger partial charge < -0.3 is 4.74 Å². The molecule has 0 spiro atoms. The summed E-state index contributed by atoms with van der Waals surface area (Å²) in [5.41, 5.74) is 0.550. The van der Waals surface area contributed by atoms with Crippen LogP contribution in [0.3, 0.4) is 0 Å². The Morgan fingerprint density at radius 2 is 1.59 bits per heavy atom. The number of unbranched alkanes of at least 4 members (excludes halogenated alkanes) is 3. The van der Waals surface area contributed by atoms with Crippen molar-refractivity contribution >= 4 is 55.3 Å². The number of hydrogen-bond acceptors (Lipinski definition) is 4. The van der Waals surface area contributed by atoms with Crippen LogP contribution in [0, 0.1) is 23.7 Å². The van der Waals surface area contributed by atoms with Crippen molar-refractivity contribution < 1.29 is 19.1 Å². The summed E-state index contributed by atoms with van der Waals surface area (Å²) in [6.45, 7) is 2.13. The fourth-order valence-corrected chi connectivity index (χ4v) is 7.02. The lowest BCUT2D eigenvalue weighted by Gasteiger charge is -2.28. The summed E-state index contributed by atoms with van der Waals surface area (Å²) in [7, 11) is 0. The molecule has 6 atom stereocenters. The number of alkyl halides is 2. The summed E-state index contributed by atoms with van der Waals surface area (Å²) in [6.07, 6.45) is 5.42. The number of rotatable bonds is 7. The molecule has 4 rings (SSSR count). The Kier molecular flexibility index (Phi) is 6.17. The Morgan fingerprint density at radius 3 is 2.14 bits per heavy atom. The number of esters is 1. The molecule has 1 aliphatic heterocycles. The van der Waals surface area contributed by atoms with E-state index in [2.05, 4.69) is 38.8 Å².